The minimum atomic E-state index is -1.16. The summed E-state index contributed by atoms with van der Waals surface area (Å²) in [5.41, 5.74) is 4.79. The summed E-state index contributed by atoms with van der Waals surface area (Å²) in [7, 11) is 0. The highest BCUT2D eigenvalue weighted by Crippen LogP contribution is 2.24. The normalized spacial score (nSPS) is 17.9. The smallest absolute Gasteiger partial charge is 0.257 e. The third-order valence-electron chi connectivity index (χ3n) is 3.16. The number of halogens is 1. The maximum atomic E-state index is 12.5. The van der Waals surface area contributed by atoms with E-state index in [0.717, 1.165) is 4.90 Å². The topological polar surface area (TPSA) is 105 Å². The Morgan fingerprint density at radius 2 is 2.15 bits per heavy atom. The van der Waals surface area contributed by atoms with Gasteiger partial charge in [-0.2, -0.15) is 0 Å². The standard InChI is InChI=1S/C12H13ClN4O3/c1-12(2)11(20)16-9(18)5-17(12)10(19)6-3-8(13)15-4-7(6)14/h3-4H,5,14H2,1-2H3,(H,16,18,20). The molecule has 1 aliphatic heterocycles. The Morgan fingerprint density at radius 3 is 2.80 bits per heavy atom. The van der Waals surface area contributed by atoms with E-state index in [0.29, 0.717) is 0 Å². The van der Waals surface area contributed by atoms with Gasteiger partial charge in [0, 0.05) is 0 Å². The van der Waals surface area contributed by atoms with E-state index >= 15 is 0 Å². The first-order valence-corrected chi connectivity index (χ1v) is 6.18. The second-order valence-electron chi connectivity index (χ2n) is 4.92. The lowest BCUT2D eigenvalue weighted by molar-refractivity contribution is -0.143. The van der Waals surface area contributed by atoms with Crippen molar-refractivity contribution in [2.24, 2.45) is 0 Å². The molecule has 1 aliphatic rings. The van der Waals surface area contributed by atoms with Gasteiger partial charge in [-0.3, -0.25) is 19.7 Å². The summed E-state index contributed by atoms with van der Waals surface area (Å²) in [6, 6.07) is 1.31. The van der Waals surface area contributed by atoms with E-state index in [2.05, 4.69) is 10.3 Å². The van der Waals surface area contributed by atoms with Crippen LogP contribution >= 0.6 is 11.6 Å². The summed E-state index contributed by atoms with van der Waals surface area (Å²) in [5, 5.41) is 2.30. The molecule has 8 heteroatoms. The van der Waals surface area contributed by atoms with Crippen LogP contribution in [-0.4, -0.2) is 39.7 Å². The number of aromatic nitrogens is 1. The fourth-order valence-corrected chi connectivity index (χ4v) is 2.04. The van der Waals surface area contributed by atoms with E-state index in [-0.39, 0.29) is 22.9 Å². The number of hydrogen-bond donors (Lipinski definition) is 2. The van der Waals surface area contributed by atoms with Crippen LogP contribution in [0.5, 0.6) is 0 Å². The van der Waals surface area contributed by atoms with Gasteiger partial charge in [-0.15, -0.1) is 0 Å². The lowest BCUT2D eigenvalue weighted by atomic mass is 9.97. The van der Waals surface area contributed by atoms with Gasteiger partial charge in [-0.25, -0.2) is 4.98 Å². The van der Waals surface area contributed by atoms with Crippen molar-refractivity contribution in [3.8, 4) is 0 Å². The Kier molecular flexibility index (Phi) is 3.39. The van der Waals surface area contributed by atoms with Crippen molar-refractivity contribution in [1.82, 2.24) is 15.2 Å². The van der Waals surface area contributed by atoms with Crippen molar-refractivity contribution in [1.29, 1.82) is 0 Å². The van der Waals surface area contributed by atoms with Crippen LogP contribution in [0.3, 0.4) is 0 Å². The number of anilines is 1. The number of pyridine rings is 1. The first kappa shape index (κ1) is 14.3. The number of nitrogen functional groups attached to an aromatic ring is 1. The fraction of sp³-hybridized carbons (Fsp3) is 0.333. The molecule has 20 heavy (non-hydrogen) atoms. The van der Waals surface area contributed by atoms with Crippen LogP contribution in [0.15, 0.2) is 12.3 Å². The third kappa shape index (κ3) is 2.32. The molecule has 106 valence electrons. The zero-order valence-corrected chi connectivity index (χ0v) is 11.7. The number of amides is 3. The van der Waals surface area contributed by atoms with Gasteiger partial charge >= 0.3 is 0 Å². The minimum absolute atomic E-state index is 0.105. The summed E-state index contributed by atoms with van der Waals surface area (Å²) in [5.74, 6) is -1.62. The first-order chi connectivity index (χ1) is 9.23. The molecular weight excluding hydrogens is 284 g/mol. The van der Waals surface area contributed by atoms with E-state index in [4.69, 9.17) is 17.3 Å². The van der Waals surface area contributed by atoms with Gasteiger partial charge in [0.25, 0.3) is 11.8 Å². The predicted molar refractivity (Wildman–Crippen MR) is 71.9 cm³/mol. The van der Waals surface area contributed by atoms with Crippen LogP contribution in [-0.2, 0) is 9.59 Å². The highest BCUT2D eigenvalue weighted by molar-refractivity contribution is 6.30. The number of nitrogens with two attached hydrogens (primary N) is 1. The average molecular weight is 297 g/mol. The maximum Gasteiger partial charge on any atom is 0.257 e. The largest absolute Gasteiger partial charge is 0.397 e. The lowest BCUT2D eigenvalue weighted by Crippen LogP contribution is -2.65. The van der Waals surface area contributed by atoms with Crippen molar-refractivity contribution in [2.45, 2.75) is 19.4 Å². The molecule has 1 aromatic rings. The van der Waals surface area contributed by atoms with E-state index in [9.17, 15) is 14.4 Å². The number of hydrogen-bond acceptors (Lipinski definition) is 5. The van der Waals surface area contributed by atoms with Crippen molar-refractivity contribution < 1.29 is 14.4 Å². The van der Waals surface area contributed by atoms with Gasteiger partial charge in [0.1, 0.15) is 17.2 Å². The first-order valence-electron chi connectivity index (χ1n) is 5.80. The van der Waals surface area contributed by atoms with Crippen LogP contribution in [0.25, 0.3) is 0 Å². The van der Waals surface area contributed by atoms with Gasteiger partial charge in [0.15, 0.2) is 0 Å². The molecule has 0 bridgehead atoms. The molecule has 2 rings (SSSR count). The number of carbonyl (C=O) groups is 3. The zero-order valence-electron chi connectivity index (χ0n) is 10.9. The SMILES string of the molecule is CC1(C)C(=O)NC(=O)CN1C(=O)c1cc(Cl)ncc1N. The molecule has 3 N–H and O–H groups in total. The molecule has 0 spiro atoms. The van der Waals surface area contributed by atoms with Crippen LogP contribution in [0.1, 0.15) is 24.2 Å². The van der Waals surface area contributed by atoms with Crippen molar-refractivity contribution in [3.63, 3.8) is 0 Å². The molecule has 1 saturated heterocycles. The molecule has 1 fully saturated rings. The zero-order chi connectivity index (χ0) is 15.1. The average Bonchev–Trinajstić information content (AvgIpc) is 2.36. The van der Waals surface area contributed by atoms with Crippen molar-refractivity contribution in [2.75, 3.05) is 12.3 Å². The molecule has 1 aromatic heterocycles. The molecule has 0 radical (unpaired) electrons. The fourth-order valence-electron chi connectivity index (χ4n) is 1.88. The van der Waals surface area contributed by atoms with Gasteiger partial charge in [0.05, 0.1) is 17.4 Å². The highest BCUT2D eigenvalue weighted by atomic mass is 35.5. The van der Waals surface area contributed by atoms with Crippen LogP contribution < -0.4 is 11.1 Å². The summed E-state index contributed by atoms with van der Waals surface area (Å²) >= 11 is 5.74. The molecule has 3 amide bonds. The Balaban J connectivity index is 2.43. The maximum absolute atomic E-state index is 12.5. The van der Waals surface area contributed by atoms with Crippen LogP contribution in [0.4, 0.5) is 5.69 Å². The second-order valence-corrected chi connectivity index (χ2v) is 5.31. The number of piperazine rings is 1. The van der Waals surface area contributed by atoms with E-state index in [1.54, 1.807) is 13.8 Å². The molecule has 2 heterocycles. The van der Waals surface area contributed by atoms with E-state index in [1.807, 2.05) is 0 Å². The van der Waals surface area contributed by atoms with E-state index < -0.39 is 23.3 Å². The second kappa shape index (κ2) is 4.75. The van der Waals surface area contributed by atoms with Crippen molar-refractivity contribution >= 4 is 35.0 Å². The van der Waals surface area contributed by atoms with Gasteiger partial charge < -0.3 is 10.6 Å². The molecule has 0 saturated carbocycles. The van der Waals surface area contributed by atoms with E-state index in [1.165, 1.54) is 12.3 Å². The van der Waals surface area contributed by atoms with Crippen LogP contribution in [0.2, 0.25) is 5.15 Å². The Labute approximate surface area is 120 Å². The number of nitrogens with one attached hydrogen (secondary N) is 1. The van der Waals surface area contributed by atoms with Gasteiger partial charge in [0.2, 0.25) is 5.91 Å². The number of carbonyl (C=O) groups excluding carboxylic acids is 3. The molecule has 0 aliphatic carbocycles. The summed E-state index contributed by atoms with van der Waals surface area (Å²) < 4.78 is 0. The summed E-state index contributed by atoms with van der Waals surface area (Å²) in [4.78, 5) is 40.7. The third-order valence-corrected chi connectivity index (χ3v) is 3.37. The highest BCUT2D eigenvalue weighted by Gasteiger charge is 2.44. The molecule has 7 nitrogen and oxygen atoms in total. The molecule has 0 atom stereocenters. The van der Waals surface area contributed by atoms with Crippen molar-refractivity contribution in [3.05, 3.63) is 23.0 Å². The number of rotatable bonds is 1. The van der Waals surface area contributed by atoms with Crippen LogP contribution in [0, 0.1) is 0 Å². The summed E-state index contributed by atoms with van der Waals surface area (Å²) in [6.45, 7) is 2.87. The molecular formula is C12H13ClN4O3. The Morgan fingerprint density at radius 1 is 1.50 bits per heavy atom. The summed E-state index contributed by atoms with van der Waals surface area (Å²) in [6.07, 6.45) is 1.26. The monoisotopic (exact) mass is 296 g/mol. The molecule has 0 aromatic carbocycles. The number of nitrogens with zero attached hydrogens (tertiary/aromatic N) is 2. The minimum Gasteiger partial charge on any atom is -0.397 e. The molecule has 0 unspecified atom stereocenters. The van der Waals surface area contributed by atoms with Gasteiger partial charge in [-0.1, -0.05) is 11.6 Å². The Hall–Kier alpha value is -2.15. The van der Waals surface area contributed by atoms with Gasteiger partial charge in [-0.05, 0) is 19.9 Å². The quantitative estimate of drug-likeness (QED) is 0.569. The lowest BCUT2D eigenvalue weighted by Gasteiger charge is -2.40. The predicted octanol–water partition coefficient (Wildman–Crippen LogP) is 0.194. The number of imide groups is 1. The Bertz CT molecular complexity index is 615.